The Morgan fingerprint density at radius 2 is 1.35 bits per heavy atom. The monoisotopic (exact) mass is 720 g/mol. The minimum atomic E-state index is -1.31. The van der Waals surface area contributed by atoms with E-state index in [1.54, 1.807) is 0 Å². The summed E-state index contributed by atoms with van der Waals surface area (Å²) >= 11 is 0. The molecule has 51 heavy (non-hydrogen) atoms. The molecule has 1 aliphatic carbocycles. The molecule has 1 aliphatic rings. The molecule has 1 aromatic rings. The summed E-state index contributed by atoms with van der Waals surface area (Å²) in [5.74, 6) is -4.67. The topological polar surface area (TPSA) is 299 Å². The minimum Gasteiger partial charge on any atom is -0.480 e. The van der Waals surface area contributed by atoms with Gasteiger partial charge in [-0.2, -0.15) is 0 Å². The highest BCUT2D eigenvalue weighted by Gasteiger charge is 2.33. The Morgan fingerprint density at radius 1 is 0.804 bits per heavy atom. The molecule has 2 rings (SSSR count). The number of rotatable bonds is 21. The Hall–Kier alpha value is -5.00. The summed E-state index contributed by atoms with van der Waals surface area (Å²) in [6.45, 7) is 1.66. The van der Waals surface area contributed by atoms with Crippen molar-refractivity contribution < 1.29 is 38.3 Å². The van der Waals surface area contributed by atoms with Gasteiger partial charge in [-0.15, -0.1) is 0 Å². The highest BCUT2D eigenvalue weighted by atomic mass is 19.1. The number of nitrogens with one attached hydrogen (secondary N) is 5. The lowest BCUT2D eigenvalue weighted by Gasteiger charge is -2.29. The van der Waals surface area contributed by atoms with Gasteiger partial charge < -0.3 is 54.6 Å². The fourth-order valence-electron chi connectivity index (χ4n) is 5.72. The Balaban J connectivity index is 2.32. The second-order valence-corrected chi connectivity index (χ2v) is 12.8. The van der Waals surface area contributed by atoms with Gasteiger partial charge in [-0.25, -0.2) is 14.0 Å². The van der Waals surface area contributed by atoms with E-state index >= 15 is 0 Å². The normalized spacial score (nSPS) is 15.9. The highest BCUT2D eigenvalue weighted by molar-refractivity contribution is 5.95. The number of benzene rings is 1. The lowest BCUT2D eigenvalue weighted by atomic mass is 9.84. The second-order valence-electron chi connectivity index (χ2n) is 12.8. The Kier molecular flexibility index (Phi) is 18.1. The molecule has 0 heterocycles. The number of nitrogens with two attached hydrogens (primary N) is 4. The predicted molar refractivity (Wildman–Crippen MR) is 187 cm³/mol. The van der Waals surface area contributed by atoms with E-state index in [2.05, 4.69) is 31.6 Å². The van der Waals surface area contributed by atoms with Gasteiger partial charge in [-0.05, 0) is 62.6 Å². The van der Waals surface area contributed by atoms with E-state index in [1.807, 2.05) is 0 Å². The van der Waals surface area contributed by atoms with Crippen LogP contribution in [0.1, 0.15) is 76.7 Å². The number of primary amides is 1. The van der Waals surface area contributed by atoms with Gasteiger partial charge in [0.2, 0.25) is 23.6 Å². The van der Waals surface area contributed by atoms with Crippen molar-refractivity contribution in [3.05, 3.63) is 35.6 Å². The molecule has 0 bridgehead atoms. The van der Waals surface area contributed by atoms with Crippen molar-refractivity contribution in [2.75, 3.05) is 13.1 Å². The van der Waals surface area contributed by atoms with Crippen LogP contribution >= 0.6 is 0 Å². The van der Waals surface area contributed by atoms with E-state index in [9.17, 15) is 38.3 Å². The molecule has 14 N–H and O–H groups in total. The predicted octanol–water partition coefficient (Wildman–Crippen LogP) is -0.788. The molecule has 0 aromatic heterocycles. The molecule has 0 spiro atoms. The summed E-state index contributed by atoms with van der Waals surface area (Å²) in [7, 11) is 0. The fourth-order valence-corrected chi connectivity index (χ4v) is 5.72. The quantitative estimate of drug-likeness (QED) is 0.0429. The van der Waals surface area contributed by atoms with Crippen molar-refractivity contribution in [1.82, 2.24) is 26.6 Å². The largest absolute Gasteiger partial charge is 0.480 e. The first kappa shape index (κ1) is 42.2. The van der Waals surface area contributed by atoms with E-state index < -0.39 is 71.7 Å². The molecule has 284 valence electrons. The third kappa shape index (κ3) is 16.5. The summed E-state index contributed by atoms with van der Waals surface area (Å²) in [5.41, 5.74) is 22.2. The molecule has 6 amide bonds. The smallest absolute Gasteiger partial charge is 0.326 e. The van der Waals surface area contributed by atoms with E-state index in [-0.39, 0.29) is 63.5 Å². The molecule has 18 heteroatoms. The van der Waals surface area contributed by atoms with Crippen molar-refractivity contribution in [3.8, 4) is 0 Å². The van der Waals surface area contributed by atoms with Crippen LogP contribution in [0, 0.1) is 11.7 Å². The lowest BCUT2D eigenvalue weighted by Crippen LogP contribution is -2.59. The molecular formula is C33H53FN10O7. The number of hydrogen-bond acceptors (Lipinski definition) is 8. The molecule has 0 radical (unpaired) electrons. The summed E-state index contributed by atoms with van der Waals surface area (Å²) in [6.07, 6.45) is 5.24. The van der Waals surface area contributed by atoms with Crippen LogP contribution in [-0.4, -0.2) is 90.0 Å². The summed E-state index contributed by atoms with van der Waals surface area (Å²) in [4.78, 5) is 80.7. The maximum Gasteiger partial charge on any atom is 0.326 e. The number of aliphatic imine (C=N–C) groups is 1. The molecule has 0 aliphatic heterocycles. The summed E-state index contributed by atoms with van der Waals surface area (Å²) in [6, 6.07) is -1.27. The lowest BCUT2D eigenvalue weighted by molar-refractivity contribution is -0.142. The molecule has 0 saturated heterocycles. The number of aliphatic carboxylic acids is 1. The van der Waals surface area contributed by atoms with Crippen molar-refractivity contribution in [3.63, 3.8) is 0 Å². The van der Waals surface area contributed by atoms with E-state index in [0.717, 1.165) is 32.1 Å². The number of urea groups is 1. The van der Waals surface area contributed by atoms with Gasteiger partial charge in [0.15, 0.2) is 5.96 Å². The number of guanidine groups is 1. The number of carbonyl (C=O) groups excluding carboxylic acids is 5. The Bertz CT molecular complexity index is 1350. The first-order valence-corrected chi connectivity index (χ1v) is 17.2. The Morgan fingerprint density at radius 3 is 1.94 bits per heavy atom. The van der Waals surface area contributed by atoms with Crippen molar-refractivity contribution in [2.24, 2.45) is 33.8 Å². The third-order valence-corrected chi connectivity index (χ3v) is 8.49. The van der Waals surface area contributed by atoms with Crippen LogP contribution in [0.3, 0.4) is 0 Å². The molecule has 5 atom stereocenters. The number of hydrogen-bond donors (Lipinski definition) is 10. The zero-order valence-electron chi connectivity index (χ0n) is 29.0. The first-order valence-electron chi connectivity index (χ1n) is 17.2. The van der Waals surface area contributed by atoms with Gasteiger partial charge in [-0.3, -0.25) is 24.2 Å². The standard InChI is InChI=1S/C33H53FN10O7/c1-19(35)27(45)43-25(18-21-11-13-22(34)14-12-21)29(47)41-23(9-5-15-39-32(36)37)28(46)44-26(17-20-7-3-2-4-8-20)30(48)42-24(31(49)50)10-6-16-40-33(38)51/h11-14,19-20,23-26H,2-10,15-18,35H2,1H3,(H,41,47)(H,42,48)(H,43,45)(H,44,46)(H,49,50)(H4,36,37,39)(H3,38,40,51)/t19-,23-,24-,25-,26-/m0/s1. The zero-order valence-corrected chi connectivity index (χ0v) is 29.0. The van der Waals surface area contributed by atoms with E-state index in [1.165, 1.54) is 31.2 Å². The number of carboxylic acids is 1. The maximum absolute atomic E-state index is 13.9. The Labute approximate surface area is 296 Å². The van der Waals surface area contributed by atoms with Crippen LogP contribution in [0.25, 0.3) is 0 Å². The molecule has 1 fully saturated rings. The van der Waals surface area contributed by atoms with E-state index in [0.29, 0.717) is 5.56 Å². The summed E-state index contributed by atoms with van der Waals surface area (Å²) in [5, 5.41) is 22.6. The number of carboxylic acid groups (broad SMARTS) is 1. The third-order valence-electron chi connectivity index (χ3n) is 8.49. The molecule has 1 aromatic carbocycles. The van der Waals surface area contributed by atoms with E-state index in [4.69, 9.17) is 22.9 Å². The number of carbonyl (C=O) groups is 6. The van der Waals surface area contributed by atoms with Crippen molar-refractivity contribution >= 4 is 41.6 Å². The molecule has 0 unspecified atom stereocenters. The zero-order chi connectivity index (χ0) is 37.9. The van der Waals surface area contributed by atoms with Gasteiger partial charge in [0.05, 0.1) is 6.04 Å². The van der Waals surface area contributed by atoms with Gasteiger partial charge in [0.1, 0.15) is 30.0 Å². The van der Waals surface area contributed by atoms with Crippen LogP contribution in [0.4, 0.5) is 9.18 Å². The average molecular weight is 721 g/mol. The van der Waals surface area contributed by atoms with Crippen LogP contribution in [0.5, 0.6) is 0 Å². The van der Waals surface area contributed by atoms with Gasteiger partial charge in [0, 0.05) is 19.5 Å². The SMILES string of the molecule is C[C@H](N)C(=O)N[C@@H](Cc1ccc(F)cc1)C(=O)N[C@@H](CCCN=C(N)N)C(=O)N[C@@H](CC1CCCCC1)C(=O)N[C@@H](CCCNC(N)=O)C(=O)O. The minimum absolute atomic E-state index is 0.0164. The molecule has 17 nitrogen and oxygen atoms in total. The van der Waals surface area contributed by atoms with Gasteiger partial charge >= 0.3 is 12.0 Å². The summed E-state index contributed by atoms with van der Waals surface area (Å²) < 4.78 is 13.6. The fraction of sp³-hybridized carbons (Fsp3) is 0.606. The number of halogens is 1. The second kappa shape index (κ2) is 22.0. The molecular weight excluding hydrogens is 667 g/mol. The first-order chi connectivity index (χ1) is 24.2. The number of amides is 6. The van der Waals surface area contributed by atoms with Crippen molar-refractivity contribution in [1.29, 1.82) is 0 Å². The van der Waals surface area contributed by atoms with Crippen LogP contribution in [-0.2, 0) is 30.4 Å². The van der Waals surface area contributed by atoms with Crippen LogP contribution in [0.2, 0.25) is 0 Å². The highest BCUT2D eigenvalue weighted by Crippen LogP contribution is 2.27. The average Bonchev–Trinajstić information content (AvgIpc) is 3.07. The van der Waals surface area contributed by atoms with Crippen molar-refractivity contribution in [2.45, 2.75) is 108 Å². The maximum atomic E-state index is 13.9. The van der Waals surface area contributed by atoms with Crippen LogP contribution < -0.4 is 49.5 Å². The molecule has 1 saturated carbocycles. The van der Waals surface area contributed by atoms with Crippen LogP contribution in [0.15, 0.2) is 29.3 Å². The van der Waals surface area contributed by atoms with Gasteiger partial charge in [0.25, 0.3) is 0 Å². The van der Waals surface area contributed by atoms with Gasteiger partial charge in [-0.1, -0.05) is 44.2 Å². The number of nitrogens with zero attached hydrogens (tertiary/aromatic N) is 1.